The van der Waals surface area contributed by atoms with Crippen molar-refractivity contribution < 1.29 is 51.6 Å². The summed E-state index contributed by atoms with van der Waals surface area (Å²) >= 11 is 0. The molecule has 0 aliphatic rings. The van der Waals surface area contributed by atoms with E-state index in [1.807, 2.05) is 0 Å². The van der Waals surface area contributed by atoms with E-state index in [-0.39, 0.29) is 32.0 Å². The molecular weight excluding hydrogens is 584 g/mol. The molecule has 0 rings (SSSR count). The van der Waals surface area contributed by atoms with E-state index < -0.39 is 30.5 Å². The van der Waals surface area contributed by atoms with Crippen LogP contribution in [-0.2, 0) is 21.1 Å². The van der Waals surface area contributed by atoms with Crippen LogP contribution in [0.3, 0.4) is 0 Å². The molecule has 0 N–H and O–H groups in total. The van der Waals surface area contributed by atoms with E-state index in [0.29, 0.717) is 0 Å². The molecule has 0 saturated carbocycles. The molecule has 0 bridgehead atoms. The van der Waals surface area contributed by atoms with Gasteiger partial charge in [0.1, 0.15) is 0 Å². The Labute approximate surface area is 155 Å². The molecule has 0 aliphatic carbocycles. The Morgan fingerprint density at radius 3 is 0.308 bits per heavy atom. The van der Waals surface area contributed by atoms with Gasteiger partial charge in [-0.05, 0) is 11.0 Å². The van der Waals surface area contributed by atoms with Gasteiger partial charge in [0.05, 0.1) is 30.5 Å². The smallest absolute Gasteiger partial charge is 0.356 e. The summed E-state index contributed by atoms with van der Waals surface area (Å²) in [4.78, 5) is 49.5. The first-order valence-electron chi connectivity index (χ1n) is 3.29. The molecule has 0 amide bonds. The Hall–Kier alpha value is -3.89. The molecule has 0 unspecified atom stereocenters. The first kappa shape index (κ1) is 49.5. The van der Waals surface area contributed by atoms with Crippen LogP contribution in [0.25, 0.3) is 0 Å². The molecular formula is H4N6O18SiW. The first-order chi connectivity index (χ1) is 10.4. The minimum atomic E-state index is -1.75. The largest absolute Gasteiger partial charge is 6.00 e. The summed E-state index contributed by atoms with van der Waals surface area (Å²) in [6, 6.07) is 0. The number of hydrogen-bond donors (Lipinski definition) is 0. The average Bonchev–Trinajstić information content (AvgIpc) is 2.08. The fourth-order valence-electron chi connectivity index (χ4n) is 0. The van der Waals surface area contributed by atoms with Gasteiger partial charge in [0.15, 0.2) is 0 Å². The molecule has 26 heteroatoms. The van der Waals surface area contributed by atoms with Gasteiger partial charge in [-0.2, -0.15) is 0 Å². The summed E-state index contributed by atoms with van der Waals surface area (Å²) in [5.41, 5.74) is 0. The Morgan fingerprint density at radius 2 is 0.308 bits per heavy atom. The molecule has 0 aromatic carbocycles. The second-order valence-corrected chi connectivity index (χ2v) is 1.34. The van der Waals surface area contributed by atoms with Gasteiger partial charge in [-0.25, -0.2) is 0 Å². The number of rotatable bonds is 0. The van der Waals surface area contributed by atoms with Gasteiger partial charge < -0.3 is 91.9 Å². The topological polar surface area (TPSA) is 397 Å². The van der Waals surface area contributed by atoms with E-state index in [0.717, 1.165) is 0 Å². The van der Waals surface area contributed by atoms with Gasteiger partial charge in [0, 0.05) is 0 Å². The zero-order valence-corrected chi connectivity index (χ0v) is 13.4. The van der Waals surface area contributed by atoms with E-state index >= 15 is 0 Å². The minimum Gasteiger partial charge on any atom is -0.356 e. The molecule has 0 radical (unpaired) electrons. The van der Waals surface area contributed by atoms with E-state index in [1.165, 1.54) is 0 Å². The Bertz CT molecular complexity index is 263. The Balaban J connectivity index is -0.0000000245. The van der Waals surface area contributed by atoms with E-state index in [2.05, 4.69) is 0 Å². The average molecular weight is 588 g/mol. The van der Waals surface area contributed by atoms with Crippen LogP contribution in [0.5, 0.6) is 0 Å². The molecule has 26 heavy (non-hydrogen) atoms. The SMILES string of the molecule is O=[N+]([O-])[O-].O=[N+]([O-])[O-].O=[N+]([O-])[O-].O=[N+]([O-])[O-].O=[N+]([O-])[O-].O=[N+]([O-])[O-].[SiH4].[W+6]. The van der Waals surface area contributed by atoms with Gasteiger partial charge in [-0.1, -0.05) is 0 Å². The van der Waals surface area contributed by atoms with Gasteiger partial charge >= 0.3 is 21.1 Å². The number of hydrogen-bond acceptors (Lipinski definition) is 18. The van der Waals surface area contributed by atoms with Crippen LogP contribution in [-0.4, -0.2) is 41.5 Å². The Kier molecular flexibility index (Phi) is 81.6. The maximum Gasteiger partial charge on any atom is 6.00 e. The standard InChI is InChI=1S/6NO3.H4Si.W/c6*2-1(3)4;;/h;;;;;;1H4;/q6*-1;;+6. The zero-order chi connectivity index (χ0) is 21.5. The van der Waals surface area contributed by atoms with E-state index in [1.54, 1.807) is 0 Å². The van der Waals surface area contributed by atoms with Crippen molar-refractivity contribution in [3.63, 3.8) is 0 Å². The summed E-state index contributed by atoms with van der Waals surface area (Å²) in [7, 11) is 0. The molecule has 0 spiro atoms. The third kappa shape index (κ3) is 484. The molecule has 0 fully saturated rings. The summed E-state index contributed by atoms with van der Waals surface area (Å²) < 4.78 is 0. The minimum absolute atomic E-state index is 0. The maximum atomic E-state index is 8.25. The summed E-state index contributed by atoms with van der Waals surface area (Å²) in [5, 5.41) is 88.5. The molecule has 0 saturated heterocycles. The van der Waals surface area contributed by atoms with Crippen LogP contribution in [0.1, 0.15) is 0 Å². The van der Waals surface area contributed by atoms with Crippen LogP contribution in [0.15, 0.2) is 0 Å². The molecule has 0 aliphatic heterocycles. The van der Waals surface area contributed by atoms with Gasteiger partial charge in [-0.15, -0.1) is 0 Å². The van der Waals surface area contributed by atoms with Crippen molar-refractivity contribution in [2.75, 3.05) is 0 Å². The second kappa shape index (κ2) is 42.9. The maximum absolute atomic E-state index is 8.25. The van der Waals surface area contributed by atoms with Crippen molar-refractivity contribution in [1.82, 2.24) is 0 Å². The first-order valence-corrected chi connectivity index (χ1v) is 3.29. The van der Waals surface area contributed by atoms with Crippen LogP contribution < -0.4 is 0 Å². The molecule has 0 aromatic rings. The van der Waals surface area contributed by atoms with Crippen molar-refractivity contribution in [1.29, 1.82) is 0 Å². The summed E-state index contributed by atoms with van der Waals surface area (Å²) in [6.45, 7) is 0. The van der Waals surface area contributed by atoms with Crippen molar-refractivity contribution >= 4 is 11.0 Å². The molecule has 0 atom stereocenters. The van der Waals surface area contributed by atoms with Crippen LogP contribution in [0.2, 0.25) is 0 Å². The predicted octanol–water partition coefficient (Wildman–Crippen LogP) is -2.89. The summed E-state index contributed by atoms with van der Waals surface area (Å²) in [6.07, 6.45) is 0. The van der Waals surface area contributed by atoms with Gasteiger partial charge in [-0.3, -0.25) is 0 Å². The van der Waals surface area contributed by atoms with Gasteiger partial charge in [0.2, 0.25) is 0 Å². The quantitative estimate of drug-likeness (QED) is 0.156. The van der Waals surface area contributed by atoms with Crippen LogP contribution in [0.4, 0.5) is 0 Å². The van der Waals surface area contributed by atoms with Crippen LogP contribution in [0, 0.1) is 91.9 Å². The van der Waals surface area contributed by atoms with E-state index in [4.69, 9.17) is 91.9 Å². The third-order valence-electron chi connectivity index (χ3n) is 0. The van der Waals surface area contributed by atoms with Crippen LogP contribution >= 0.6 is 0 Å². The van der Waals surface area contributed by atoms with Crippen molar-refractivity contribution in [3.05, 3.63) is 91.9 Å². The summed E-state index contributed by atoms with van der Waals surface area (Å²) in [5.74, 6) is 0. The molecule has 0 heterocycles. The molecule has 24 nitrogen and oxygen atoms in total. The molecule has 152 valence electrons. The normalized spacial score (nSPS) is 5.54. The fourth-order valence-corrected chi connectivity index (χ4v) is 0. The Morgan fingerprint density at radius 1 is 0.308 bits per heavy atom. The zero-order valence-electron chi connectivity index (χ0n) is 10.4. The second-order valence-electron chi connectivity index (χ2n) is 1.34. The van der Waals surface area contributed by atoms with Crippen molar-refractivity contribution in [2.45, 2.75) is 0 Å². The third-order valence-corrected chi connectivity index (χ3v) is 0. The van der Waals surface area contributed by atoms with Crippen molar-refractivity contribution in [2.24, 2.45) is 0 Å². The fraction of sp³-hybridized carbons (Fsp3) is 0. The molecule has 0 aromatic heterocycles. The van der Waals surface area contributed by atoms with Crippen molar-refractivity contribution in [3.8, 4) is 0 Å². The number of nitrogens with zero attached hydrogens (tertiary/aromatic N) is 6. The monoisotopic (exact) mass is 588 g/mol. The van der Waals surface area contributed by atoms with Gasteiger partial charge in [0.25, 0.3) is 0 Å². The predicted molar refractivity (Wildman–Crippen MR) is 73.5 cm³/mol. The van der Waals surface area contributed by atoms with E-state index in [9.17, 15) is 0 Å².